The molecule has 0 spiro atoms. The SMILES string of the molecule is CCCCCCCC[C@H](CC)OC(=O)CCCCCCC(=O)O. The van der Waals surface area contributed by atoms with E-state index in [9.17, 15) is 9.59 Å². The van der Waals surface area contributed by atoms with Crippen molar-refractivity contribution in [3.63, 3.8) is 0 Å². The van der Waals surface area contributed by atoms with Crippen molar-refractivity contribution in [1.82, 2.24) is 0 Å². The Labute approximate surface area is 142 Å². The van der Waals surface area contributed by atoms with E-state index in [1.807, 2.05) is 0 Å². The second-order valence-corrected chi connectivity index (χ2v) is 6.38. The zero-order valence-electron chi connectivity index (χ0n) is 15.1. The monoisotopic (exact) mass is 328 g/mol. The lowest BCUT2D eigenvalue weighted by Gasteiger charge is -2.16. The number of hydrogen-bond donors (Lipinski definition) is 1. The first-order valence-corrected chi connectivity index (χ1v) is 9.51. The van der Waals surface area contributed by atoms with Crippen LogP contribution in [0.1, 0.15) is 104 Å². The number of aliphatic carboxylic acids is 1. The molecule has 0 unspecified atom stereocenters. The molecule has 1 N–H and O–H groups in total. The molecule has 0 aliphatic carbocycles. The van der Waals surface area contributed by atoms with E-state index in [0.29, 0.717) is 12.8 Å². The molecule has 0 radical (unpaired) electrons. The summed E-state index contributed by atoms with van der Waals surface area (Å²) in [5, 5.41) is 8.54. The number of ether oxygens (including phenoxy) is 1. The van der Waals surface area contributed by atoms with Crippen molar-refractivity contribution in [1.29, 1.82) is 0 Å². The summed E-state index contributed by atoms with van der Waals surface area (Å²) in [4.78, 5) is 22.2. The molecule has 0 aromatic rings. The minimum atomic E-state index is -0.745. The highest BCUT2D eigenvalue weighted by atomic mass is 16.5. The Kier molecular flexibility index (Phi) is 15.1. The molecule has 23 heavy (non-hydrogen) atoms. The lowest BCUT2D eigenvalue weighted by molar-refractivity contribution is -0.149. The van der Waals surface area contributed by atoms with Crippen LogP contribution in [0.15, 0.2) is 0 Å². The summed E-state index contributed by atoms with van der Waals surface area (Å²) in [6.45, 7) is 4.29. The molecule has 0 heterocycles. The van der Waals surface area contributed by atoms with E-state index in [4.69, 9.17) is 9.84 Å². The van der Waals surface area contributed by atoms with Gasteiger partial charge in [-0.15, -0.1) is 0 Å². The summed E-state index contributed by atoms with van der Waals surface area (Å²) in [6.07, 6.45) is 13.4. The quantitative estimate of drug-likeness (QED) is 0.301. The number of carbonyl (C=O) groups is 2. The number of unbranched alkanes of at least 4 members (excludes halogenated alkanes) is 8. The average Bonchev–Trinajstić information content (AvgIpc) is 2.52. The number of esters is 1. The smallest absolute Gasteiger partial charge is 0.306 e. The standard InChI is InChI=1S/C19H36O4/c1-3-5-6-7-8-11-14-17(4-2)23-19(22)16-13-10-9-12-15-18(20)21/h17H,3-16H2,1-2H3,(H,20,21)/t17-/m0/s1. The van der Waals surface area contributed by atoms with Crippen LogP contribution in [0.2, 0.25) is 0 Å². The summed E-state index contributed by atoms with van der Waals surface area (Å²) in [6, 6.07) is 0. The van der Waals surface area contributed by atoms with Crippen molar-refractivity contribution in [2.24, 2.45) is 0 Å². The number of carboxylic acids is 1. The Morgan fingerprint density at radius 2 is 1.39 bits per heavy atom. The molecule has 0 saturated heterocycles. The van der Waals surface area contributed by atoms with Crippen LogP contribution in [0.5, 0.6) is 0 Å². The number of rotatable bonds is 16. The second kappa shape index (κ2) is 15.8. The maximum absolute atomic E-state index is 11.8. The highest BCUT2D eigenvalue weighted by Gasteiger charge is 2.12. The molecule has 0 aromatic heterocycles. The fraction of sp³-hybridized carbons (Fsp3) is 0.895. The summed E-state index contributed by atoms with van der Waals surface area (Å²) >= 11 is 0. The molecule has 0 saturated carbocycles. The number of carboxylic acid groups (broad SMARTS) is 1. The summed E-state index contributed by atoms with van der Waals surface area (Å²) < 4.78 is 5.54. The van der Waals surface area contributed by atoms with Gasteiger partial charge in [0.05, 0.1) is 0 Å². The lowest BCUT2D eigenvalue weighted by atomic mass is 10.1. The third-order valence-electron chi connectivity index (χ3n) is 4.15. The Hall–Kier alpha value is -1.06. The van der Waals surface area contributed by atoms with Crippen LogP contribution in [-0.4, -0.2) is 23.1 Å². The molecule has 1 atom stereocenters. The van der Waals surface area contributed by atoms with Crippen LogP contribution < -0.4 is 0 Å². The van der Waals surface area contributed by atoms with Crippen LogP contribution in [0.3, 0.4) is 0 Å². The number of carbonyl (C=O) groups excluding carboxylic acids is 1. The molecule has 4 heteroatoms. The molecular weight excluding hydrogens is 292 g/mol. The largest absolute Gasteiger partial charge is 0.481 e. The van der Waals surface area contributed by atoms with Crippen LogP contribution in [0.4, 0.5) is 0 Å². The van der Waals surface area contributed by atoms with Gasteiger partial charge in [-0.25, -0.2) is 0 Å². The zero-order chi connectivity index (χ0) is 17.3. The highest BCUT2D eigenvalue weighted by molar-refractivity contribution is 5.69. The first-order valence-electron chi connectivity index (χ1n) is 9.51. The van der Waals surface area contributed by atoms with E-state index < -0.39 is 5.97 Å². The summed E-state index contributed by atoms with van der Waals surface area (Å²) in [5.74, 6) is -0.842. The van der Waals surface area contributed by atoms with Gasteiger partial charge in [-0.05, 0) is 32.1 Å². The van der Waals surface area contributed by atoms with E-state index in [-0.39, 0.29) is 18.5 Å². The molecule has 0 bridgehead atoms. The van der Waals surface area contributed by atoms with Crippen molar-refractivity contribution in [2.75, 3.05) is 0 Å². The van der Waals surface area contributed by atoms with Gasteiger partial charge in [0.25, 0.3) is 0 Å². The molecule has 0 amide bonds. The minimum Gasteiger partial charge on any atom is -0.481 e. The predicted molar refractivity (Wildman–Crippen MR) is 93.5 cm³/mol. The van der Waals surface area contributed by atoms with Crippen LogP contribution in [0, 0.1) is 0 Å². The molecule has 0 aliphatic heterocycles. The zero-order valence-corrected chi connectivity index (χ0v) is 15.1. The van der Waals surface area contributed by atoms with Gasteiger partial charge in [-0.1, -0.05) is 58.8 Å². The highest BCUT2D eigenvalue weighted by Crippen LogP contribution is 2.14. The lowest BCUT2D eigenvalue weighted by Crippen LogP contribution is -2.17. The number of hydrogen-bond acceptors (Lipinski definition) is 3. The normalized spacial score (nSPS) is 12.1. The van der Waals surface area contributed by atoms with Crippen molar-refractivity contribution >= 4 is 11.9 Å². The average molecular weight is 328 g/mol. The van der Waals surface area contributed by atoms with Gasteiger partial charge in [0.2, 0.25) is 0 Å². The first-order chi connectivity index (χ1) is 11.1. The molecule has 136 valence electrons. The predicted octanol–water partition coefficient (Wildman–Crippen LogP) is 5.48. The molecule has 0 aliphatic rings. The van der Waals surface area contributed by atoms with Gasteiger partial charge < -0.3 is 9.84 Å². The first kappa shape index (κ1) is 21.9. The maximum atomic E-state index is 11.8. The molecule has 0 aromatic carbocycles. The van der Waals surface area contributed by atoms with Gasteiger partial charge in [-0.3, -0.25) is 9.59 Å². The van der Waals surface area contributed by atoms with Crippen LogP contribution >= 0.6 is 0 Å². The fourth-order valence-corrected chi connectivity index (χ4v) is 2.64. The van der Waals surface area contributed by atoms with Gasteiger partial charge >= 0.3 is 11.9 Å². The third kappa shape index (κ3) is 15.6. The maximum Gasteiger partial charge on any atom is 0.306 e. The van der Waals surface area contributed by atoms with Gasteiger partial charge in [0.15, 0.2) is 0 Å². The van der Waals surface area contributed by atoms with Gasteiger partial charge in [-0.2, -0.15) is 0 Å². The third-order valence-corrected chi connectivity index (χ3v) is 4.15. The van der Waals surface area contributed by atoms with E-state index in [0.717, 1.165) is 38.5 Å². The Morgan fingerprint density at radius 1 is 0.826 bits per heavy atom. The van der Waals surface area contributed by atoms with E-state index in [1.54, 1.807) is 0 Å². The van der Waals surface area contributed by atoms with Crippen molar-refractivity contribution in [2.45, 2.75) is 110 Å². The fourth-order valence-electron chi connectivity index (χ4n) is 2.64. The van der Waals surface area contributed by atoms with Crippen molar-refractivity contribution < 1.29 is 19.4 Å². The topological polar surface area (TPSA) is 63.6 Å². The Morgan fingerprint density at radius 3 is 2.00 bits per heavy atom. The van der Waals surface area contributed by atoms with E-state index >= 15 is 0 Å². The summed E-state index contributed by atoms with van der Waals surface area (Å²) in [7, 11) is 0. The van der Waals surface area contributed by atoms with Gasteiger partial charge in [0.1, 0.15) is 6.10 Å². The summed E-state index contributed by atoms with van der Waals surface area (Å²) in [5.41, 5.74) is 0. The molecule has 0 fully saturated rings. The van der Waals surface area contributed by atoms with E-state index in [2.05, 4.69) is 13.8 Å². The van der Waals surface area contributed by atoms with Crippen molar-refractivity contribution in [3.05, 3.63) is 0 Å². The van der Waals surface area contributed by atoms with Crippen LogP contribution in [-0.2, 0) is 14.3 Å². The van der Waals surface area contributed by atoms with E-state index in [1.165, 1.54) is 32.1 Å². The van der Waals surface area contributed by atoms with Gasteiger partial charge in [0, 0.05) is 12.8 Å². The molecule has 4 nitrogen and oxygen atoms in total. The second-order valence-electron chi connectivity index (χ2n) is 6.38. The minimum absolute atomic E-state index is 0.0701. The Bertz CT molecular complexity index is 302. The Balaban J connectivity index is 3.57. The van der Waals surface area contributed by atoms with Crippen LogP contribution in [0.25, 0.3) is 0 Å². The van der Waals surface area contributed by atoms with Crippen molar-refractivity contribution in [3.8, 4) is 0 Å². The molecular formula is C19H36O4. The molecule has 0 rings (SSSR count).